The molecule has 1 fully saturated rings. The van der Waals surface area contributed by atoms with Gasteiger partial charge in [0.05, 0.1) is 12.6 Å². The Morgan fingerprint density at radius 1 is 1.29 bits per heavy atom. The first-order chi connectivity index (χ1) is 11.3. The van der Waals surface area contributed by atoms with E-state index in [9.17, 15) is 19.5 Å². The zero-order valence-electron chi connectivity index (χ0n) is 13.5. The molecule has 0 bridgehead atoms. The van der Waals surface area contributed by atoms with Gasteiger partial charge in [-0.05, 0) is 38.6 Å². The summed E-state index contributed by atoms with van der Waals surface area (Å²) in [4.78, 5) is 37.1. The zero-order chi connectivity index (χ0) is 18.3. The minimum absolute atomic E-state index is 0.0292. The fraction of sp³-hybridized carbons (Fsp3) is 0.714. The molecule has 1 heterocycles. The molecular formula is C14H25N5O5. The molecule has 1 aliphatic rings. The smallest absolute Gasteiger partial charge is 0.332 e. The van der Waals surface area contributed by atoms with Gasteiger partial charge in [-0.25, -0.2) is 4.79 Å². The number of aliphatic carboxylic acids is 2. The van der Waals surface area contributed by atoms with Crippen LogP contribution in [0.3, 0.4) is 0 Å². The summed E-state index contributed by atoms with van der Waals surface area (Å²) in [5, 5.41) is 28.5. The third kappa shape index (κ3) is 4.42. The largest absolute Gasteiger partial charge is 0.480 e. The number of carboxylic acids is 2. The van der Waals surface area contributed by atoms with Gasteiger partial charge in [0.15, 0.2) is 17.3 Å². The van der Waals surface area contributed by atoms with E-state index in [-0.39, 0.29) is 19.4 Å². The Morgan fingerprint density at radius 3 is 2.46 bits per heavy atom. The Kier molecular flexibility index (Phi) is 7.11. The molecule has 2 atom stereocenters. The Hall–Kier alpha value is -2.20. The number of Topliss-reactive ketones (excluding diaryl/α,β-unsaturated/α-hetero) is 1. The number of hydrogen-bond donors (Lipinski definition) is 6. The first-order valence-electron chi connectivity index (χ1n) is 7.81. The third-order valence-corrected chi connectivity index (χ3v) is 4.19. The average Bonchev–Trinajstić information content (AvgIpc) is 2.89. The van der Waals surface area contributed by atoms with Gasteiger partial charge in [0.2, 0.25) is 0 Å². The molecule has 1 aliphatic heterocycles. The number of ketones is 1. The van der Waals surface area contributed by atoms with Gasteiger partial charge in [-0.3, -0.25) is 19.9 Å². The summed E-state index contributed by atoms with van der Waals surface area (Å²) >= 11 is 0. The van der Waals surface area contributed by atoms with E-state index in [2.05, 4.69) is 5.32 Å². The number of guanidine groups is 1. The fourth-order valence-electron chi connectivity index (χ4n) is 3.12. The van der Waals surface area contributed by atoms with Crippen molar-refractivity contribution in [1.82, 2.24) is 10.2 Å². The van der Waals surface area contributed by atoms with Crippen molar-refractivity contribution < 1.29 is 24.6 Å². The van der Waals surface area contributed by atoms with Gasteiger partial charge < -0.3 is 27.0 Å². The number of rotatable bonds is 10. The average molecular weight is 343 g/mol. The van der Waals surface area contributed by atoms with E-state index in [1.807, 2.05) is 0 Å². The van der Waals surface area contributed by atoms with Crippen LogP contribution in [0.2, 0.25) is 0 Å². The van der Waals surface area contributed by atoms with Crippen molar-refractivity contribution in [2.45, 2.75) is 43.7 Å². The van der Waals surface area contributed by atoms with Gasteiger partial charge in [0.1, 0.15) is 0 Å². The maximum Gasteiger partial charge on any atom is 0.332 e. The monoisotopic (exact) mass is 343 g/mol. The Bertz CT molecular complexity index is 512. The number of nitrogens with zero attached hydrogens (tertiary/aromatic N) is 1. The van der Waals surface area contributed by atoms with Crippen molar-refractivity contribution in [3.8, 4) is 0 Å². The predicted molar refractivity (Wildman–Crippen MR) is 85.6 cm³/mol. The standard InChI is InChI=1S/C14H25N5O5/c15-6-2-1-4-9(18-13(16)17)11(22)14(12(23)24)5-3-7-19(14)8-10(20)21/h9H,1-8,15H2,(H,20,21)(H,23,24)(H4,16,17,18). The van der Waals surface area contributed by atoms with Crippen LogP contribution in [0.1, 0.15) is 32.1 Å². The normalized spacial score (nSPS) is 22.0. The molecule has 10 nitrogen and oxygen atoms in total. The van der Waals surface area contributed by atoms with E-state index < -0.39 is 41.8 Å². The van der Waals surface area contributed by atoms with Crippen LogP contribution in [-0.2, 0) is 14.4 Å². The molecule has 8 N–H and O–H groups in total. The van der Waals surface area contributed by atoms with E-state index >= 15 is 0 Å². The second kappa shape index (κ2) is 8.60. The minimum atomic E-state index is -1.91. The Morgan fingerprint density at radius 2 is 1.96 bits per heavy atom. The van der Waals surface area contributed by atoms with Crippen LogP contribution < -0.4 is 16.8 Å². The number of hydrogen-bond acceptors (Lipinski definition) is 6. The SMILES string of the molecule is N=C(N)NC(CCCCN)C(=O)C1(C(=O)O)CCCN1CC(=O)O. The number of carbonyl (C=O) groups is 3. The molecular weight excluding hydrogens is 318 g/mol. The molecule has 0 saturated carbocycles. The van der Waals surface area contributed by atoms with E-state index in [4.69, 9.17) is 22.0 Å². The summed E-state index contributed by atoms with van der Waals surface area (Å²) in [6.07, 6.45) is 1.90. The lowest BCUT2D eigenvalue weighted by Gasteiger charge is -2.35. The second-order valence-electron chi connectivity index (χ2n) is 5.84. The van der Waals surface area contributed by atoms with Crippen LogP contribution in [0.4, 0.5) is 0 Å². The highest BCUT2D eigenvalue weighted by molar-refractivity contribution is 6.11. The van der Waals surface area contributed by atoms with Gasteiger partial charge in [-0.15, -0.1) is 0 Å². The number of nitrogens with one attached hydrogen (secondary N) is 2. The molecule has 24 heavy (non-hydrogen) atoms. The highest BCUT2D eigenvalue weighted by atomic mass is 16.4. The molecule has 136 valence electrons. The van der Waals surface area contributed by atoms with E-state index in [0.717, 1.165) is 0 Å². The number of unbranched alkanes of at least 4 members (excludes halogenated alkanes) is 1. The molecule has 0 aromatic heterocycles. The highest BCUT2D eigenvalue weighted by Gasteiger charge is 2.55. The van der Waals surface area contributed by atoms with Crippen LogP contribution in [-0.4, -0.2) is 70.0 Å². The van der Waals surface area contributed by atoms with Crippen molar-refractivity contribution in [3.63, 3.8) is 0 Å². The molecule has 1 rings (SSSR count). The summed E-state index contributed by atoms with van der Waals surface area (Å²) in [7, 11) is 0. The van der Waals surface area contributed by atoms with Crippen LogP contribution >= 0.6 is 0 Å². The van der Waals surface area contributed by atoms with Crippen LogP contribution in [0, 0.1) is 5.41 Å². The van der Waals surface area contributed by atoms with Crippen molar-refractivity contribution in [2.75, 3.05) is 19.6 Å². The molecule has 1 saturated heterocycles. The fourth-order valence-corrected chi connectivity index (χ4v) is 3.12. The van der Waals surface area contributed by atoms with E-state index in [1.54, 1.807) is 0 Å². The summed E-state index contributed by atoms with van der Waals surface area (Å²) in [6.45, 7) is 0.101. The molecule has 0 aromatic carbocycles. The van der Waals surface area contributed by atoms with Gasteiger partial charge in [0.25, 0.3) is 0 Å². The van der Waals surface area contributed by atoms with E-state index in [1.165, 1.54) is 4.90 Å². The van der Waals surface area contributed by atoms with Gasteiger partial charge in [0, 0.05) is 6.54 Å². The molecule has 10 heteroatoms. The number of carboxylic acid groups (broad SMARTS) is 2. The van der Waals surface area contributed by atoms with Gasteiger partial charge in [-0.1, -0.05) is 0 Å². The first-order valence-corrected chi connectivity index (χ1v) is 7.81. The quantitative estimate of drug-likeness (QED) is 0.119. The zero-order valence-corrected chi connectivity index (χ0v) is 13.5. The summed E-state index contributed by atoms with van der Waals surface area (Å²) in [5.41, 5.74) is 8.83. The van der Waals surface area contributed by atoms with E-state index in [0.29, 0.717) is 25.8 Å². The number of likely N-dealkylation sites (tertiary alicyclic amines) is 1. The molecule has 0 aromatic rings. The maximum atomic E-state index is 13.0. The maximum absolute atomic E-state index is 13.0. The molecule has 0 radical (unpaired) electrons. The predicted octanol–water partition coefficient (Wildman–Crippen LogP) is -1.46. The number of nitrogens with two attached hydrogens (primary N) is 2. The summed E-state index contributed by atoms with van der Waals surface area (Å²) in [5.74, 6) is -3.68. The lowest BCUT2D eigenvalue weighted by molar-refractivity contribution is -0.158. The Labute approximate surface area is 139 Å². The molecule has 2 unspecified atom stereocenters. The summed E-state index contributed by atoms with van der Waals surface area (Å²) < 4.78 is 0. The molecule has 0 amide bonds. The molecule has 0 aliphatic carbocycles. The highest BCUT2D eigenvalue weighted by Crippen LogP contribution is 2.32. The third-order valence-electron chi connectivity index (χ3n) is 4.19. The minimum Gasteiger partial charge on any atom is -0.480 e. The van der Waals surface area contributed by atoms with Gasteiger partial charge >= 0.3 is 11.9 Å². The second-order valence-corrected chi connectivity index (χ2v) is 5.84. The van der Waals surface area contributed by atoms with Crippen LogP contribution in [0.15, 0.2) is 0 Å². The first kappa shape index (κ1) is 19.8. The van der Waals surface area contributed by atoms with Crippen molar-refractivity contribution in [2.24, 2.45) is 11.5 Å². The van der Waals surface area contributed by atoms with Crippen LogP contribution in [0.5, 0.6) is 0 Å². The van der Waals surface area contributed by atoms with Crippen molar-refractivity contribution >= 4 is 23.7 Å². The molecule has 0 spiro atoms. The lowest BCUT2D eigenvalue weighted by atomic mass is 9.84. The number of carbonyl (C=O) groups excluding carboxylic acids is 1. The topological polar surface area (TPSA) is 183 Å². The van der Waals surface area contributed by atoms with Crippen molar-refractivity contribution in [1.29, 1.82) is 5.41 Å². The van der Waals surface area contributed by atoms with Gasteiger partial charge in [-0.2, -0.15) is 0 Å². The summed E-state index contributed by atoms with van der Waals surface area (Å²) in [6, 6.07) is -0.973. The van der Waals surface area contributed by atoms with Crippen LogP contribution in [0.25, 0.3) is 0 Å². The van der Waals surface area contributed by atoms with Crippen molar-refractivity contribution in [3.05, 3.63) is 0 Å². The lowest BCUT2D eigenvalue weighted by Crippen LogP contribution is -2.63. The Balaban J connectivity index is 3.09.